The third kappa shape index (κ3) is 3.36. The van der Waals surface area contributed by atoms with Gasteiger partial charge in [-0.25, -0.2) is 26.7 Å². The lowest BCUT2D eigenvalue weighted by Crippen LogP contribution is -2.17. The van der Waals surface area contributed by atoms with Crippen molar-refractivity contribution < 1.29 is 31.5 Å². The van der Waals surface area contributed by atoms with Crippen molar-refractivity contribution in [1.82, 2.24) is 0 Å². The molecule has 12 heteroatoms. The Hall–Kier alpha value is -0.990. The van der Waals surface area contributed by atoms with Crippen LogP contribution in [-0.2, 0) is 0 Å². The molecule has 0 heterocycles. The van der Waals surface area contributed by atoms with Gasteiger partial charge in [-0.3, -0.25) is 0 Å². The van der Waals surface area contributed by atoms with E-state index in [0.29, 0.717) is 0 Å². The molecule has 2 rings (SSSR count). The van der Waals surface area contributed by atoms with Crippen molar-refractivity contribution in [2.45, 2.75) is 0 Å². The van der Waals surface area contributed by atoms with Crippen LogP contribution in [0.15, 0.2) is 0 Å². The summed E-state index contributed by atoms with van der Waals surface area (Å²) >= 11 is 28.6. The average Bonchev–Trinajstić information content (AvgIpc) is 2.58. The Morgan fingerprint density at radius 2 is 0.920 bits per heavy atom. The van der Waals surface area contributed by atoms with Gasteiger partial charge in [0.05, 0.1) is 15.1 Å². The molecule has 0 aliphatic carbocycles. The molecular weight excluding hydrogens is 460 g/mol. The van der Waals surface area contributed by atoms with E-state index >= 15 is 0 Å². The zero-order chi connectivity index (χ0) is 19.2. The third-order valence-electron chi connectivity index (χ3n) is 2.78. The lowest BCUT2D eigenvalue weighted by atomic mass is 10.1. The van der Waals surface area contributed by atoms with Gasteiger partial charge in [0.15, 0.2) is 29.0 Å². The van der Waals surface area contributed by atoms with E-state index in [2.05, 4.69) is 4.74 Å². The van der Waals surface area contributed by atoms with Crippen molar-refractivity contribution in [1.29, 1.82) is 0 Å². The van der Waals surface area contributed by atoms with Crippen molar-refractivity contribution in [2.24, 2.45) is 0 Å². The lowest BCUT2D eigenvalue weighted by Gasteiger charge is -2.13. The molecule has 0 fully saturated rings. The van der Waals surface area contributed by atoms with Crippen LogP contribution in [0.2, 0.25) is 25.1 Å². The molecule has 0 aliphatic heterocycles. The standard InChI is InChI=1S/C13Cl5F5O2/c14-2-3(15)5(17)12(6(18)4(2)16)25-13(24)1-7(19)9(21)11(23)10(22)8(1)20. The first-order valence-electron chi connectivity index (χ1n) is 5.75. The summed E-state index contributed by atoms with van der Waals surface area (Å²) in [6.45, 7) is 0. The van der Waals surface area contributed by atoms with Gasteiger partial charge in [-0.2, -0.15) is 0 Å². The molecule has 25 heavy (non-hydrogen) atoms. The summed E-state index contributed by atoms with van der Waals surface area (Å²) in [4.78, 5) is 11.9. The molecule has 0 N–H and O–H groups in total. The lowest BCUT2D eigenvalue weighted by molar-refractivity contribution is 0.0721. The maximum absolute atomic E-state index is 13.6. The Morgan fingerprint density at radius 3 is 1.32 bits per heavy atom. The number of carbonyl (C=O) groups is 1. The maximum atomic E-state index is 13.6. The van der Waals surface area contributed by atoms with Crippen molar-refractivity contribution in [3.05, 3.63) is 59.8 Å². The van der Waals surface area contributed by atoms with Gasteiger partial charge in [0.25, 0.3) is 0 Å². The van der Waals surface area contributed by atoms with E-state index in [-0.39, 0.29) is 5.02 Å². The maximum Gasteiger partial charge on any atom is 0.349 e. The summed E-state index contributed by atoms with van der Waals surface area (Å²) in [7, 11) is 0. The van der Waals surface area contributed by atoms with Gasteiger partial charge in [0.1, 0.15) is 15.6 Å². The van der Waals surface area contributed by atoms with E-state index in [1.165, 1.54) is 0 Å². The molecule has 0 saturated carbocycles. The quantitative estimate of drug-likeness (QED) is 0.161. The number of esters is 1. The minimum Gasteiger partial charge on any atom is -0.419 e. The first-order valence-corrected chi connectivity index (χ1v) is 7.64. The minimum atomic E-state index is -2.44. The molecule has 0 spiro atoms. The summed E-state index contributed by atoms with van der Waals surface area (Å²) in [5, 5.41) is -2.29. The van der Waals surface area contributed by atoms with E-state index in [1.54, 1.807) is 0 Å². The molecule has 2 aromatic rings. The first-order chi connectivity index (χ1) is 11.5. The molecule has 134 valence electrons. The van der Waals surface area contributed by atoms with Crippen molar-refractivity contribution in [3.8, 4) is 5.75 Å². The topological polar surface area (TPSA) is 26.3 Å². The second-order valence-corrected chi connectivity index (χ2v) is 6.12. The number of benzene rings is 2. The van der Waals surface area contributed by atoms with Crippen LogP contribution in [0.25, 0.3) is 0 Å². The zero-order valence-electron chi connectivity index (χ0n) is 11.1. The summed E-state index contributed by atoms with van der Waals surface area (Å²) in [5.74, 6) is -14.7. The second-order valence-electron chi connectivity index (χ2n) is 4.23. The van der Waals surface area contributed by atoms with Gasteiger partial charge in [-0.1, -0.05) is 58.0 Å². The van der Waals surface area contributed by atoms with Crippen molar-refractivity contribution in [3.63, 3.8) is 0 Å². The van der Waals surface area contributed by atoms with Crippen LogP contribution in [-0.4, -0.2) is 5.97 Å². The number of hydrogen-bond acceptors (Lipinski definition) is 2. The average molecular weight is 460 g/mol. The van der Waals surface area contributed by atoms with Crippen molar-refractivity contribution in [2.75, 3.05) is 0 Å². The van der Waals surface area contributed by atoms with Crippen LogP contribution in [0.5, 0.6) is 5.75 Å². The minimum absolute atomic E-state index is 0.311. The van der Waals surface area contributed by atoms with Crippen LogP contribution in [0.3, 0.4) is 0 Å². The van der Waals surface area contributed by atoms with E-state index in [0.717, 1.165) is 0 Å². The van der Waals surface area contributed by atoms with E-state index in [9.17, 15) is 26.7 Å². The number of ether oxygens (including phenoxy) is 1. The summed E-state index contributed by atoms with van der Waals surface area (Å²) < 4.78 is 71.1. The van der Waals surface area contributed by atoms with Gasteiger partial charge in [-0.15, -0.1) is 0 Å². The van der Waals surface area contributed by atoms with E-state index in [1.807, 2.05) is 0 Å². The fourth-order valence-electron chi connectivity index (χ4n) is 1.60. The largest absolute Gasteiger partial charge is 0.419 e. The summed E-state index contributed by atoms with van der Waals surface area (Å²) in [5.41, 5.74) is -1.86. The van der Waals surface area contributed by atoms with Crippen LogP contribution in [0.1, 0.15) is 10.4 Å². The normalized spacial score (nSPS) is 11.0. The SMILES string of the molecule is O=C(Oc1c(Cl)c(Cl)c(Cl)c(Cl)c1Cl)c1c(F)c(F)c(F)c(F)c1F. The zero-order valence-corrected chi connectivity index (χ0v) is 14.9. The molecule has 2 aromatic carbocycles. The fraction of sp³-hybridized carbons (Fsp3) is 0. The predicted octanol–water partition coefficient (Wildman–Crippen LogP) is 6.87. The van der Waals surface area contributed by atoms with E-state index < -0.39 is 66.5 Å². The molecular formula is C13Cl5F5O2. The van der Waals surface area contributed by atoms with Gasteiger partial charge in [-0.05, 0) is 0 Å². The number of hydrogen-bond donors (Lipinski definition) is 0. The van der Waals surface area contributed by atoms with Crippen LogP contribution < -0.4 is 4.74 Å². The third-order valence-corrected chi connectivity index (χ3v) is 5.02. The number of carbonyl (C=O) groups excluding carboxylic acids is 1. The Balaban J connectivity index is 2.61. The molecule has 0 aliphatic rings. The fourth-order valence-corrected chi connectivity index (χ4v) is 2.80. The molecule has 0 radical (unpaired) electrons. The molecule has 0 unspecified atom stereocenters. The summed E-state index contributed by atoms with van der Waals surface area (Å²) in [6, 6.07) is 0. The Morgan fingerprint density at radius 1 is 0.600 bits per heavy atom. The van der Waals surface area contributed by atoms with Crippen LogP contribution >= 0.6 is 58.0 Å². The number of rotatable bonds is 2. The highest BCUT2D eigenvalue weighted by atomic mass is 35.5. The molecule has 2 nitrogen and oxygen atoms in total. The predicted molar refractivity (Wildman–Crippen MR) is 82.7 cm³/mol. The smallest absolute Gasteiger partial charge is 0.349 e. The highest BCUT2D eigenvalue weighted by Crippen LogP contribution is 2.48. The van der Waals surface area contributed by atoms with Crippen LogP contribution in [0, 0.1) is 29.1 Å². The van der Waals surface area contributed by atoms with Crippen molar-refractivity contribution >= 4 is 64.0 Å². The Bertz CT molecular complexity index is 861. The number of halogens is 10. The monoisotopic (exact) mass is 458 g/mol. The summed E-state index contributed by atoms with van der Waals surface area (Å²) in [6.07, 6.45) is 0. The molecule has 0 atom stereocenters. The molecule has 0 amide bonds. The second kappa shape index (κ2) is 7.32. The Labute approximate surface area is 160 Å². The highest BCUT2D eigenvalue weighted by Gasteiger charge is 2.32. The van der Waals surface area contributed by atoms with Gasteiger partial charge >= 0.3 is 5.97 Å². The van der Waals surface area contributed by atoms with E-state index in [4.69, 9.17) is 58.0 Å². The van der Waals surface area contributed by atoms with Gasteiger partial charge in [0, 0.05) is 0 Å². The first kappa shape index (κ1) is 20.3. The molecule has 0 aromatic heterocycles. The van der Waals surface area contributed by atoms with Gasteiger partial charge in [0.2, 0.25) is 5.82 Å². The van der Waals surface area contributed by atoms with Gasteiger partial charge < -0.3 is 4.74 Å². The van der Waals surface area contributed by atoms with Crippen LogP contribution in [0.4, 0.5) is 22.0 Å². The highest BCUT2D eigenvalue weighted by molar-refractivity contribution is 6.55. The molecule has 0 bridgehead atoms. The molecule has 0 saturated heterocycles. The Kier molecular flexibility index (Phi) is 5.95.